The van der Waals surface area contributed by atoms with Crippen LogP contribution in [0.3, 0.4) is 0 Å². The van der Waals surface area contributed by atoms with Gasteiger partial charge >= 0.3 is 0 Å². The average Bonchev–Trinajstić information content (AvgIpc) is 2.44. The van der Waals surface area contributed by atoms with E-state index in [-0.39, 0.29) is 23.1 Å². The lowest BCUT2D eigenvalue weighted by Crippen LogP contribution is -2.25. The van der Waals surface area contributed by atoms with Crippen molar-refractivity contribution in [2.24, 2.45) is 0 Å². The summed E-state index contributed by atoms with van der Waals surface area (Å²) in [7, 11) is -1.97. The summed E-state index contributed by atoms with van der Waals surface area (Å²) in [4.78, 5) is 11.5. The lowest BCUT2D eigenvalue weighted by molar-refractivity contribution is -0.115. The molecule has 8 heteroatoms. The van der Waals surface area contributed by atoms with Crippen LogP contribution in [-0.4, -0.2) is 40.5 Å². The van der Waals surface area contributed by atoms with E-state index in [1.807, 2.05) is 0 Å². The predicted octanol–water partition coefficient (Wildman–Crippen LogP) is 1.57. The van der Waals surface area contributed by atoms with Crippen molar-refractivity contribution in [3.05, 3.63) is 24.3 Å². The normalized spacial score (nSPS) is 11.3. The number of sulfonamides is 1. The second-order valence-corrected chi connectivity index (χ2v) is 6.40. The van der Waals surface area contributed by atoms with E-state index in [2.05, 4.69) is 10.0 Å². The Hall–Kier alpha value is -1.15. The Kier molecular flexibility index (Phi) is 7.66. The number of alkyl halides is 1. The van der Waals surface area contributed by atoms with Crippen molar-refractivity contribution in [2.75, 3.05) is 31.5 Å². The first-order valence-corrected chi connectivity index (χ1v) is 8.46. The monoisotopic (exact) mass is 334 g/mol. The molecule has 0 bridgehead atoms. The van der Waals surface area contributed by atoms with E-state index in [4.69, 9.17) is 16.3 Å². The van der Waals surface area contributed by atoms with Gasteiger partial charge in [-0.2, -0.15) is 0 Å². The van der Waals surface area contributed by atoms with Crippen LogP contribution in [0.5, 0.6) is 0 Å². The van der Waals surface area contributed by atoms with Gasteiger partial charge in [0, 0.05) is 38.2 Å². The highest BCUT2D eigenvalue weighted by atomic mass is 35.5. The first kappa shape index (κ1) is 17.9. The van der Waals surface area contributed by atoms with Gasteiger partial charge in [-0.3, -0.25) is 4.79 Å². The Morgan fingerprint density at radius 2 is 1.95 bits per heavy atom. The minimum absolute atomic E-state index is 0.148. The topological polar surface area (TPSA) is 84.5 Å². The molecule has 0 aromatic heterocycles. The number of nitrogens with one attached hydrogen (secondary N) is 2. The zero-order chi connectivity index (χ0) is 15.7. The van der Waals surface area contributed by atoms with Gasteiger partial charge in [0.1, 0.15) is 0 Å². The Balaban J connectivity index is 2.61. The molecule has 1 rings (SSSR count). The van der Waals surface area contributed by atoms with E-state index in [9.17, 15) is 13.2 Å². The van der Waals surface area contributed by atoms with E-state index < -0.39 is 10.0 Å². The van der Waals surface area contributed by atoms with Crippen molar-refractivity contribution in [3.8, 4) is 0 Å². The molecule has 0 aliphatic heterocycles. The van der Waals surface area contributed by atoms with E-state index in [0.29, 0.717) is 25.3 Å². The quantitative estimate of drug-likeness (QED) is 0.530. The van der Waals surface area contributed by atoms with Crippen LogP contribution in [0, 0.1) is 0 Å². The van der Waals surface area contributed by atoms with Gasteiger partial charge in [-0.25, -0.2) is 13.1 Å². The van der Waals surface area contributed by atoms with Crippen LogP contribution in [0.1, 0.15) is 12.8 Å². The third-order valence-corrected chi connectivity index (χ3v) is 4.25. The summed E-state index contributed by atoms with van der Waals surface area (Å²) in [5.41, 5.74) is 0.531. The van der Waals surface area contributed by atoms with Crippen molar-refractivity contribution < 1.29 is 17.9 Å². The number of methoxy groups -OCH3 is 1. The molecule has 0 spiro atoms. The number of rotatable bonds is 9. The minimum atomic E-state index is -3.54. The van der Waals surface area contributed by atoms with Crippen LogP contribution in [0.4, 0.5) is 5.69 Å². The van der Waals surface area contributed by atoms with Crippen LogP contribution < -0.4 is 10.0 Å². The van der Waals surface area contributed by atoms with Crippen LogP contribution in [-0.2, 0) is 19.6 Å². The summed E-state index contributed by atoms with van der Waals surface area (Å²) in [6.07, 6.45) is 0.810. The maximum atomic E-state index is 12.0. The van der Waals surface area contributed by atoms with Crippen molar-refractivity contribution in [1.29, 1.82) is 0 Å². The van der Waals surface area contributed by atoms with E-state index in [0.717, 1.165) is 0 Å². The molecule has 1 aromatic carbocycles. The molecular formula is C13H19ClN2O4S. The number of ether oxygens (including phenoxy) is 1. The largest absolute Gasteiger partial charge is 0.385 e. The molecule has 0 saturated heterocycles. The number of hydrogen-bond donors (Lipinski definition) is 2. The number of benzene rings is 1. The zero-order valence-corrected chi connectivity index (χ0v) is 13.3. The molecule has 1 amide bonds. The predicted molar refractivity (Wildman–Crippen MR) is 82.1 cm³/mol. The van der Waals surface area contributed by atoms with E-state index in [1.54, 1.807) is 7.11 Å². The molecule has 0 heterocycles. The molecule has 0 atom stereocenters. The van der Waals surface area contributed by atoms with Crippen LogP contribution in [0.15, 0.2) is 29.2 Å². The van der Waals surface area contributed by atoms with Crippen LogP contribution in [0.25, 0.3) is 0 Å². The van der Waals surface area contributed by atoms with Crippen LogP contribution >= 0.6 is 11.6 Å². The highest BCUT2D eigenvalue weighted by Gasteiger charge is 2.13. The maximum absolute atomic E-state index is 12.0. The summed E-state index contributed by atoms with van der Waals surface area (Å²) < 4.78 is 31.3. The van der Waals surface area contributed by atoms with Crippen molar-refractivity contribution >= 4 is 33.2 Å². The van der Waals surface area contributed by atoms with Gasteiger partial charge in [0.25, 0.3) is 0 Å². The van der Waals surface area contributed by atoms with Gasteiger partial charge in [0.05, 0.1) is 4.90 Å². The first-order valence-electron chi connectivity index (χ1n) is 6.44. The lowest BCUT2D eigenvalue weighted by Gasteiger charge is -2.08. The van der Waals surface area contributed by atoms with Crippen molar-refractivity contribution in [3.63, 3.8) is 0 Å². The molecule has 118 valence electrons. The second kappa shape index (κ2) is 8.99. The fraction of sp³-hybridized carbons (Fsp3) is 0.462. The maximum Gasteiger partial charge on any atom is 0.240 e. The average molecular weight is 335 g/mol. The summed E-state index contributed by atoms with van der Waals surface area (Å²) in [6, 6.07) is 5.95. The first-order chi connectivity index (χ1) is 9.99. The number of halogens is 1. The number of hydrogen-bond acceptors (Lipinski definition) is 4. The smallest absolute Gasteiger partial charge is 0.240 e. The molecule has 0 aliphatic carbocycles. The van der Waals surface area contributed by atoms with Crippen molar-refractivity contribution in [1.82, 2.24) is 4.72 Å². The Labute approximate surface area is 129 Å². The zero-order valence-electron chi connectivity index (χ0n) is 11.8. The highest BCUT2D eigenvalue weighted by Crippen LogP contribution is 2.14. The molecule has 1 aromatic rings. The lowest BCUT2D eigenvalue weighted by atomic mass is 10.3. The highest BCUT2D eigenvalue weighted by molar-refractivity contribution is 7.89. The van der Waals surface area contributed by atoms with E-state index in [1.165, 1.54) is 24.3 Å². The van der Waals surface area contributed by atoms with Gasteiger partial charge in [-0.1, -0.05) is 0 Å². The second-order valence-electron chi connectivity index (χ2n) is 4.26. The molecule has 21 heavy (non-hydrogen) atoms. The minimum Gasteiger partial charge on any atom is -0.385 e. The molecular weight excluding hydrogens is 316 g/mol. The van der Waals surface area contributed by atoms with Gasteiger partial charge in [-0.05, 0) is 30.7 Å². The summed E-state index contributed by atoms with van der Waals surface area (Å²) in [5.74, 6) is 0.0299. The fourth-order valence-corrected chi connectivity index (χ4v) is 2.78. The Morgan fingerprint density at radius 3 is 2.52 bits per heavy atom. The molecule has 2 N–H and O–H groups in total. The fourth-order valence-electron chi connectivity index (χ4n) is 1.53. The number of carbonyl (C=O) groups is 1. The van der Waals surface area contributed by atoms with E-state index >= 15 is 0 Å². The molecule has 6 nitrogen and oxygen atoms in total. The van der Waals surface area contributed by atoms with Crippen LogP contribution in [0.2, 0.25) is 0 Å². The Morgan fingerprint density at radius 1 is 1.29 bits per heavy atom. The summed E-state index contributed by atoms with van der Waals surface area (Å²) >= 11 is 5.46. The molecule has 0 unspecified atom stereocenters. The molecule has 0 saturated carbocycles. The number of carbonyl (C=O) groups excluding carboxylic acids is 1. The number of amides is 1. The van der Waals surface area contributed by atoms with Gasteiger partial charge in [0.2, 0.25) is 15.9 Å². The Bertz CT molecular complexity index is 546. The van der Waals surface area contributed by atoms with Gasteiger partial charge in [0.15, 0.2) is 0 Å². The standard InChI is InChI=1S/C13H19ClN2O4S/c1-20-10-2-9-15-21(18,19)12-5-3-11(4-6-12)16-13(17)7-8-14/h3-6,15H,2,7-10H2,1H3,(H,16,17). The molecule has 0 fully saturated rings. The summed E-state index contributed by atoms with van der Waals surface area (Å²) in [6.45, 7) is 0.804. The third-order valence-electron chi connectivity index (χ3n) is 2.59. The van der Waals surface area contributed by atoms with Gasteiger partial charge < -0.3 is 10.1 Å². The summed E-state index contributed by atoms with van der Waals surface area (Å²) in [5, 5.41) is 2.63. The van der Waals surface area contributed by atoms with Crippen molar-refractivity contribution in [2.45, 2.75) is 17.7 Å². The SMILES string of the molecule is COCCCNS(=O)(=O)c1ccc(NC(=O)CCCl)cc1. The molecule has 0 radical (unpaired) electrons. The third kappa shape index (κ3) is 6.43. The van der Waals surface area contributed by atoms with Gasteiger partial charge in [-0.15, -0.1) is 11.6 Å². The number of anilines is 1. The molecule has 0 aliphatic rings.